The van der Waals surface area contributed by atoms with E-state index in [0.29, 0.717) is 0 Å². The quantitative estimate of drug-likeness (QED) is 0.633. The van der Waals surface area contributed by atoms with E-state index in [0.717, 1.165) is 5.92 Å². The molecule has 1 aromatic rings. The fourth-order valence-electron chi connectivity index (χ4n) is 2.86. The van der Waals surface area contributed by atoms with Crippen LogP contribution in [-0.2, 0) is 6.42 Å². The van der Waals surface area contributed by atoms with Crippen LogP contribution in [-0.4, -0.2) is 0 Å². The summed E-state index contributed by atoms with van der Waals surface area (Å²) in [5, 5.41) is 2.72. The number of fused-ring (bicyclic) bond motifs is 2. The minimum atomic E-state index is 0.724. The molecule has 1 atom stereocenters. The number of allylic oxidation sites excluding steroid dienone is 4. The second kappa shape index (κ2) is 4.37. The van der Waals surface area contributed by atoms with E-state index in [1.807, 2.05) is 0 Å². The molecule has 1 aromatic carbocycles. The molecule has 2 aliphatic carbocycles. The second-order valence-electron chi connectivity index (χ2n) is 5.08. The molecule has 0 aromatic heterocycles. The molecule has 3 rings (SSSR count). The van der Waals surface area contributed by atoms with Crippen LogP contribution in [0.4, 0.5) is 0 Å². The van der Waals surface area contributed by atoms with Gasteiger partial charge in [0.15, 0.2) is 0 Å². The summed E-state index contributed by atoms with van der Waals surface area (Å²) in [7, 11) is 0. The van der Waals surface area contributed by atoms with Crippen LogP contribution in [0.1, 0.15) is 36.8 Å². The molecular formula is C17H18. The van der Waals surface area contributed by atoms with Gasteiger partial charge in [0.05, 0.1) is 0 Å². The molecule has 0 radical (unpaired) electrons. The number of rotatable bonds is 0. The lowest BCUT2D eigenvalue weighted by molar-refractivity contribution is 0.589. The summed E-state index contributed by atoms with van der Waals surface area (Å²) in [4.78, 5) is 0. The van der Waals surface area contributed by atoms with E-state index in [2.05, 4.69) is 55.5 Å². The van der Waals surface area contributed by atoms with Crippen molar-refractivity contribution in [2.45, 2.75) is 32.1 Å². The SMILES string of the molecule is CC1CCCc2cc3/c(cc21)=C\C=C/C=C\C=3. The van der Waals surface area contributed by atoms with Gasteiger partial charge >= 0.3 is 0 Å². The van der Waals surface area contributed by atoms with Crippen LogP contribution in [0.2, 0.25) is 0 Å². The molecule has 0 heteroatoms. The summed E-state index contributed by atoms with van der Waals surface area (Å²) in [5.74, 6) is 0.724. The molecular weight excluding hydrogens is 204 g/mol. The lowest BCUT2D eigenvalue weighted by Crippen LogP contribution is -2.27. The normalized spacial score (nSPS) is 29.4. The molecule has 0 fully saturated rings. The van der Waals surface area contributed by atoms with Gasteiger partial charge in [-0.25, -0.2) is 0 Å². The van der Waals surface area contributed by atoms with Crippen molar-refractivity contribution in [2.75, 3.05) is 0 Å². The highest BCUT2D eigenvalue weighted by Crippen LogP contribution is 2.29. The third-order valence-electron chi connectivity index (χ3n) is 3.84. The van der Waals surface area contributed by atoms with Crippen molar-refractivity contribution in [3.63, 3.8) is 0 Å². The predicted octanol–water partition coefficient (Wildman–Crippen LogP) is 2.81. The highest BCUT2D eigenvalue weighted by molar-refractivity contribution is 5.50. The van der Waals surface area contributed by atoms with Crippen LogP contribution < -0.4 is 10.4 Å². The molecule has 0 spiro atoms. The average molecular weight is 222 g/mol. The van der Waals surface area contributed by atoms with E-state index in [1.54, 1.807) is 11.1 Å². The largest absolute Gasteiger partial charge is 0.0622 e. The molecule has 0 bridgehead atoms. The number of hydrogen-bond donors (Lipinski definition) is 0. The fourth-order valence-corrected chi connectivity index (χ4v) is 2.86. The van der Waals surface area contributed by atoms with Gasteiger partial charge < -0.3 is 0 Å². The monoisotopic (exact) mass is 222 g/mol. The van der Waals surface area contributed by atoms with Crippen LogP contribution in [0.5, 0.6) is 0 Å². The van der Waals surface area contributed by atoms with Crippen LogP contribution >= 0.6 is 0 Å². The van der Waals surface area contributed by atoms with Gasteiger partial charge in [-0.3, -0.25) is 0 Å². The zero-order valence-corrected chi connectivity index (χ0v) is 10.3. The van der Waals surface area contributed by atoms with Gasteiger partial charge in [-0.15, -0.1) is 0 Å². The third-order valence-corrected chi connectivity index (χ3v) is 3.84. The zero-order valence-electron chi connectivity index (χ0n) is 10.3. The molecule has 17 heavy (non-hydrogen) atoms. The summed E-state index contributed by atoms with van der Waals surface area (Å²) in [6.07, 6.45) is 16.8. The summed E-state index contributed by atoms with van der Waals surface area (Å²) >= 11 is 0. The maximum atomic E-state index is 2.40. The first-order valence-electron chi connectivity index (χ1n) is 6.53. The first kappa shape index (κ1) is 10.6. The van der Waals surface area contributed by atoms with E-state index in [-0.39, 0.29) is 0 Å². The number of benzene rings is 1. The van der Waals surface area contributed by atoms with Crippen LogP contribution in [0.25, 0.3) is 12.2 Å². The number of aryl methyl sites for hydroxylation is 1. The Morgan fingerprint density at radius 3 is 2.41 bits per heavy atom. The lowest BCUT2D eigenvalue weighted by atomic mass is 9.83. The first-order chi connectivity index (χ1) is 8.34. The standard InChI is InChI=1S/C17H18/c1-13-7-6-10-16-11-14-8-4-2-3-5-9-15(14)12-17(13)16/h2-5,8-9,11-13H,6-7,10H2,1H3/b3-2?,4-2-,5-3-,8-4?,9-5?,14-8-,15-9-. The Balaban J connectivity index is 2.28. The van der Waals surface area contributed by atoms with Gasteiger partial charge in [0, 0.05) is 0 Å². The molecule has 0 saturated heterocycles. The van der Waals surface area contributed by atoms with Gasteiger partial charge in [0.25, 0.3) is 0 Å². The Morgan fingerprint density at radius 1 is 0.941 bits per heavy atom. The van der Waals surface area contributed by atoms with Crippen molar-refractivity contribution in [3.05, 3.63) is 58.0 Å². The van der Waals surface area contributed by atoms with Crippen molar-refractivity contribution >= 4 is 12.2 Å². The summed E-state index contributed by atoms with van der Waals surface area (Å²) in [6.45, 7) is 2.35. The molecule has 0 amide bonds. The van der Waals surface area contributed by atoms with Crippen molar-refractivity contribution in [1.29, 1.82) is 0 Å². The Labute approximate surface area is 103 Å². The third kappa shape index (κ3) is 2.00. The molecule has 1 unspecified atom stereocenters. The predicted molar refractivity (Wildman–Crippen MR) is 74.3 cm³/mol. The van der Waals surface area contributed by atoms with Gasteiger partial charge in [-0.05, 0) is 46.7 Å². The van der Waals surface area contributed by atoms with Gasteiger partial charge in [-0.2, -0.15) is 0 Å². The molecule has 0 aliphatic heterocycles. The molecule has 0 heterocycles. The molecule has 0 N–H and O–H groups in total. The average Bonchev–Trinajstić information content (AvgIpc) is 2.30. The Hall–Kier alpha value is -1.56. The minimum absolute atomic E-state index is 0.724. The van der Waals surface area contributed by atoms with Gasteiger partial charge in [-0.1, -0.05) is 55.5 Å². The Bertz CT molecular complexity index is 600. The summed E-state index contributed by atoms with van der Waals surface area (Å²) < 4.78 is 0. The van der Waals surface area contributed by atoms with Gasteiger partial charge in [0.2, 0.25) is 0 Å². The van der Waals surface area contributed by atoms with E-state index < -0.39 is 0 Å². The van der Waals surface area contributed by atoms with E-state index in [1.165, 1.54) is 29.7 Å². The topological polar surface area (TPSA) is 0 Å². The maximum absolute atomic E-state index is 2.40. The highest BCUT2D eigenvalue weighted by atomic mass is 14.2. The number of hydrogen-bond acceptors (Lipinski definition) is 0. The van der Waals surface area contributed by atoms with Gasteiger partial charge in [0.1, 0.15) is 0 Å². The Kier molecular flexibility index (Phi) is 2.72. The van der Waals surface area contributed by atoms with E-state index >= 15 is 0 Å². The van der Waals surface area contributed by atoms with Crippen molar-refractivity contribution in [1.82, 2.24) is 0 Å². The van der Waals surface area contributed by atoms with Crippen LogP contribution in [0, 0.1) is 0 Å². The highest BCUT2D eigenvalue weighted by Gasteiger charge is 2.15. The molecule has 2 aliphatic rings. The smallest absolute Gasteiger partial charge is 0.0181 e. The Morgan fingerprint density at radius 2 is 1.65 bits per heavy atom. The molecule has 86 valence electrons. The van der Waals surface area contributed by atoms with E-state index in [4.69, 9.17) is 0 Å². The summed E-state index contributed by atoms with van der Waals surface area (Å²) in [6, 6.07) is 4.79. The van der Waals surface area contributed by atoms with Crippen molar-refractivity contribution in [2.24, 2.45) is 0 Å². The second-order valence-corrected chi connectivity index (χ2v) is 5.08. The van der Waals surface area contributed by atoms with Crippen LogP contribution in [0.3, 0.4) is 0 Å². The van der Waals surface area contributed by atoms with Crippen LogP contribution in [0.15, 0.2) is 36.4 Å². The summed E-state index contributed by atoms with van der Waals surface area (Å²) in [5.41, 5.74) is 3.13. The van der Waals surface area contributed by atoms with Crippen molar-refractivity contribution < 1.29 is 0 Å². The lowest BCUT2D eigenvalue weighted by Gasteiger charge is -2.22. The molecule has 0 nitrogen and oxygen atoms in total. The maximum Gasteiger partial charge on any atom is -0.0181 e. The molecule has 0 saturated carbocycles. The first-order valence-corrected chi connectivity index (χ1v) is 6.53. The van der Waals surface area contributed by atoms with E-state index in [9.17, 15) is 0 Å². The van der Waals surface area contributed by atoms with Crippen molar-refractivity contribution in [3.8, 4) is 0 Å². The minimum Gasteiger partial charge on any atom is -0.0622 e. The zero-order chi connectivity index (χ0) is 11.7. The fraction of sp³-hybridized carbons (Fsp3) is 0.294.